The Balaban J connectivity index is 4.65. The second-order valence-electron chi connectivity index (χ2n) is 2.56. The SMILES string of the molecule is N#C[C@@H]([C@H](O)[C@@H](O)C=O)[C@H](O)C(=O)O. The van der Waals surface area contributed by atoms with Gasteiger partial charge in [0.05, 0.1) is 6.07 Å². The quantitative estimate of drug-likeness (QED) is 0.362. The molecule has 0 heterocycles. The molecule has 7 nitrogen and oxygen atoms in total. The lowest BCUT2D eigenvalue weighted by molar-refractivity contribution is -0.153. The molecule has 4 N–H and O–H groups in total. The molecule has 0 aromatic carbocycles. The van der Waals surface area contributed by atoms with E-state index in [9.17, 15) is 9.59 Å². The highest BCUT2D eigenvalue weighted by molar-refractivity contribution is 5.73. The molecule has 0 aromatic heterocycles. The molecule has 0 aliphatic carbocycles. The number of aliphatic carboxylic acids is 1. The van der Waals surface area contributed by atoms with E-state index in [1.54, 1.807) is 0 Å². The van der Waals surface area contributed by atoms with E-state index in [0.717, 1.165) is 0 Å². The Bertz CT molecular complexity index is 259. The predicted molar refractivity (Wildman–Crippen MR) is 40.8 cm³/mol. The van der Waals surface area contributed by atoms with Crippen LogP contribution in [-0.2, 0) is 9.59 Å². The number of carbonyl (C=O) groups is 2. The van der Waals surface area contributed by atoms with Crippen LogP contribution in [0.4, 0.5) is 0 Å². The van der Waals surface area contributed by atoms with Crippen LogP contribution in [0.25, 0.3) is 0 Å². The van der Waals surface area contributed by atoms with Crippen LogP contribution >= 0.6 is 0 Å². The molecule has 7 heteroatoms. The fourth-order valence-corrected chi connectivity index (χ4v) is 0.780. The maximum atomic E-state index is 10.2. The van der Waals surface area contributed by atoms with Gasteiger partial charge in [-0.2, -0.15) is 5.26 Å². The normalized spacial score (nSPS) is 18.7. The minimum absolute atomic E-state index is 0.0520. The van der Waals surface area contributed by atoms with Crippen LogP contribution in [-0.4, -0.2) is 51.0 Å². The summed E-state index contributed by atoms with van der Waals surface area (Å²) in [5.41, 5.74) is 0. The van der Waals surface area contributed by atoms with Crippen molar-refractivity contribution < 1.29 is 30.0 Å². The number of aldehydes is 1. The van der Waals surface area contributed by atoms with Gasteiger partial charge in [-0.1, -0.05) is 0 Å². The highest BCUT2D eigenvalue weighted by atomic mass is 16.4. The van der Waals surface area contributed by atoms with Crippen LogP contribution in [0.1, 0.15) is 0 Å². The van der Waals surface area contributed by atoms with E-state index in [2.05, 4.69) is 0 Å². The number of rotatable bonds is 5. The van der Waals surface area contributed by atoms with Crippen LogP contribution < -0.4 is 0 Å². The summed E-state index contributed by atoms with van der Waals surface area (Å²) in [5, 5.41) is 43.5. The van der Waals surface area contributed by atoms with E-state index in [1.165, 1.54) is 6.07 Å². The molecule has 0 fully saturated rings. The predicted octanol–water partition coefficient (Wildman–Crippen LogP) is -2.51. The topological polar surface area (TPSA) is 139 Å². The van der Waals surface area contributed by atoms with E-state index in [1.807, 2.05) is 0 Å². The molecule has 0 aliphatic heterocycles. The Labute approximate surface area is 78.8 Å². The van der Waals surface area contributed by atoms with Crippen molar-refractivity contribution in [2.24, 2.45) is 5.92 Å². The molecule has 0 aromatic rings. The molecule has 0 bridgehead atoms. The summed E-state index contributed by atoms with van der Waals surface area (Å²) >= 11 is 0. The number of aliphatic hydroxyl groups excluding tert-OH is 3. The van der Waals surface area contributed by atoms with Crippen LogP contribution in [0.5, 0.6) is 0 Å². The van der Waals surface area contributed by atoms with E-state index in [-0.39, 0.29) is 6.29 Å². The van der Waals surface area contributed by atoms with E-state index >= 15 is 0 Å². The molecule has 0 amide bonds. The fraction of sp³-hybridized carbons (Fsp3) is 0.571. The Morgan fingerprint density at radius 1 is 1.36 bits per heavy atom. The summed E-state index contributed by atoms with van der Waals surface area (Å²) in [6.45, 7) is 0. The van der Waals surface area contributed by atoms with Crippen molar-refractivity contribution in [1.82, 2.24) is 0 Å². The number of hydrogen-bond donors (Lipinski definition) is 4. The van der Waals surface area contributed by atoms with Crippen molar-refractivity contribution in [1.29, 1.82) is 5.26 Å². The van der Waals surface area contributed by atoms with Gasteiger partial charge in [-0.15, -0.1) is 0 Å². The molecule has 0 unspecified atom stereocenters. The van der Waals surface area contributed by atoms with E-state index in [4.69, 9.17) is 25.7 Å². The lowest BCUT2D eigenvalue weighted by Gasteiger charge is -2.20. The lowest BCUT2D eigenvalue weighted by Crippen LogP contribution is -2.43. The van der Waals surface area contributed by atoms with Crippen molar-refractivity contribution in [3.63, 3.8) is 0 Å². The molecule has 0 spiro atoms. The first-order chi connectivity index (χ1) is 6.45. The second-order valence-corrected chi connectivity index (χ2v) is 2.56. The number of carboxylic acids is 1. The fourth-order valence-electron chi connectivity index (χ4n) is 0.780. The van der Waals surface area contributed by atoms with Gasteiger partial charge < -0.3 is 25.2 Å². The maximum Gasteiger partial charge on any atom is 0.334 e. The zero-order valence-corrected chi connectivity index (χ0v) is 6.94. The van der Waals surface area contributed by atoms with Crippen molar-refractivity contribution in [3.05, 3.63) is 0 Å². The number of carboxylic acid groups (broad SMARTS) is 1. The van der Waals surface area contributed by atoms with Gasteiger partial charge in [-0.3, -0.25) is 0 Å². The van der Waals surface area contributed by atoms with Crippen LogP contribution in [0.15, 0.2) is 0 Å². The summed E-state index contributed by atoms with van der Waals surface area (Å²) < 4.78 is 0. The molecular formula is C7H9NO6. The zero-order chi connectivity index (χ0) is 11.3. The van der Waals surface area contributed by atoms with Gasteiger partial charge in [0.25, 0.3) is 0 Å². The Hall–Kier alpha value is -1.49. The molecule has 0 radical (unpaired) electrons. The van der Waals surface area contributed by atoms with E-state index < -0.39 is 30.2 Å². The molecular weight excluding hydrogens is 194 g/mol. The van der Waals surface area contributed by atoms with E-state index in [0.29, 0.717) is 0 Å². The summed E-state index contributed by atoms with van der Waals surface area (Å²) in [6, 6.07) is 1.30. The number of carbonyl (C=O) groups excluding carboxylic acids is 1. The molecule has 0 saturated carbocycles. The van der Waals surface area contributed by atoms with Gasteiger partial charge in [-0.05, 0) is 0 Å². The zero-order valence-electron chi connectivity index (χ0n) is 6.94. The van der Waals surface area contributed by atoms with Crippen molar-refractivity contribution >= 4 is 12.3 Å². The highest BCUT2D eigenvalue weighted by Crippen LogP contribution is 2.11. The van der Waals surface area contributed by atoms with Gasteiger partial charge in [0.1, 0.15) is 18.1 Å². The molecule has 4 atom stereocenters. The summed E-state index contributed by atoms with van der Waals surface area (Å²) in [5.74, 6) is -3.47. The average Bonchev–Trinajstić information content (AvgIpc) is 2.17. The lowest BCUT2D eigenvalue weighted by atomic mass is 9.94. The first-order valence-corrected chi connectivity index (χ1v) is 3.57. The third-order valence-electron chi connectivity index (χ3n) is 1.60. The van der Waals surface area contributed by atoms with Gasteiger partial charge in [0.15, 0.2) is 12.4 Å². The van der Waals surface area contributed by atoms with Gasteiger partial charge in [0, 0.05) is 0 Å². The number of aliphatic hydroxyl groups is 3. The molecule has 0 rings (SSSR count). The number of nitriles is 1. The molecule has 0 saturated heterocycles. The third-order valence-corrected chi connectivity index (χ3v) is 1.60. The van der Waals surface area contributed by atoms with Crippen LogP contribution in [0.3, 0.4) is 0 Å². The summed E-state index contributed by atoms with van der Waals surface area (Å²) in [4.78, 5) is 20.2. The van der Waals surface area contributed by atoms with Crippen molar-refractivity contribution in [2.75, 3.05) is 0 Å². The minimum atomic E-state index is -2.15. The molecule has 14 heavy (non-hydrogen) atoms. The highest BCUT2D eigenvalue weighted by Gasteiger charge is 2.35. The molecule has 78 valence electrons. The van der Waals surface area contributed by atoms with Gasteiger partial charge in [0.2, 0.25) is 0 Å². The third kappa shape index (κ3) is 2.77. The second kappa shape index (κ2) is 5.29. The molecule has 0 aliphatic rings. The van der Waals surface area contributed by atoms with Crippen LogP contribution in [0, 0.1) is 17.2 Å². The van der Waals surface area contributed by atoms with Gasteiger partial charge in [-0.25, -0.2) is 4.79 Å². The largest absolute Gasteiger partial charge is 0.479 e. The monoisotopic (exact) mass is 203 g/mol. The Morgan fingerprint density at radius 3 is 2.14 bits per heavy atom. The number of nitrogens with zero attached hydrogens (tertiary/aromatic N) is 1. The summed E-state index contributed by atoms with van der Waals surface area (Å²) in [7, 11) is 0. The van der Waals surface area contributed by atoms with Crippen molar-refractivity contribution in [2.45, 2.75) is 18.3 Å². The maximum absolute atomic E-state index is 10.2. The summed E-state index contributed by atoms with van der Waals surface area (Å²) in [6.07, 6.45) is -6.02. The number of hydrogen-bond acceptors (Lipinski definition) is 6. The van der Waals surface area contributed by atoms with Crippen LogP contribution in [0.2, 0.25) is 0 Å². The Kier molecular flexibility index (Phi) is 4.72. The first-order valence-electron chi connectivity index (χ1n) is 3.57. The standard InChI is InChI=1S/C7H9NO6/c8-1-3(6(12)7(13)14)5(11)4(10)2-9/h2-6,10-12H,(H,13,14)/t3-,4-,5-,6-/m0/s1. The first kappa shape index (κ1) is 12.5. The van der Waals surface area contributed by atoms with Gasteiger partial charge >= 0.3 is 5.97 Å². The smallest absolute Gasteiger partial charge is 0.334 e. The Morgan fingerprint density at radius 2 is 1.86 bits per heavy atom. The average molecular weight is 203 g/mol. The van der Waals surface area contributed by atoms with Crippen molar-refractivity contribution in [3.8, 4) is 6.07 Å². The minimum Gasteiger partial charge on any atom is -0.479 e.